The smallest absolute Gasteiger partial charge is 0.220 e. The van der Waals surface area contributed by atoms with Crippen LogP contribution in [0, 0.1) is 0 Å². The minimum Gasteiger partial charge on any atom is -0.394 e. The summed E-state index contributed by atoms with van der Waals surface area (Å²) in [6.45, 7) is 4.26. The molecule has 2 atom stereocenters. The molecule has 1 amide bonds. The molecular weight excluding hydrogens is 675 g/mol. The molecule has 0 heterocycles. The van der Waals surface area contributed by atoms with Crippen LogP contribution in [0.25, 0.3) is 0 Å². The summed E-state index contributed by atoms with van der Waals surface area (Å²) in [4.78, 5) is 12.4. The molecule has 0 saturated heterocycles. The Balaban J connectivity index is 3.46. The molecule has 4 heteroatoms. The van der Waals surface area contributed by atoms with Crippen molar-refractivity contribution in [2.75, 3.05) is 6.61 Å². The third kappa shape index (κ3) is 43.6. The summed E-state index contributed by atoms with van der Waals surface area (Å²) < 4.78 is 0. The van der Waals surface area contributed by atoms with E-state index in [1.807, 2.05) is 0 Å². The summed E-state index contributed by atoms with van der Waals surface area (Å²) in [6, 6.07) is -0.542. The van der Waals surface area contributed by atoms with Crippen molar-refractivity contribution in [3.8, 4) is 0 Å². The number of hydrogen-bond donors (Lipinski definition) is 3. The Morgan fingerprint density at radius 3 is 1.20 bits per heavy atom. The average molecular weight is 772 g/mol. The van der Waals surface area contributed by atoms with Gasteiger partial charge < -0.3 is 15.5 Å². The summed E-state index contributed by atoms with van der Waals surface area (Å²) in [5.41, 5.74) is 0. The minimum atomic E-state index is -0.664. The van der Waals surface area contributed by atoms with Gasteiger partial charge in [-0.05, 0) is 44.9 Å². The van der Waals surface area contributed by atoms with Gasteiger partial charge in [-0.3, -0.25) is 4.79 Å². The first-order valence-electron chi connectivity index (χ1n) is 24.7. The van der Waals surface area contributed by atoms with Crippen LogP contribution in [-0.4, -0.2) is 34.9 Å². The van der Waals surface area contributed by atoms with E-state index in [4.69, 9.17) is 0 Å². The molecule has 3 N–H and O–H groups in total. The lowest BCUT2D eigenvalue weighted by Crippen LogP contribution is -2.45. The SMILES string of the molecule is CC/C=C\C/C=C\C/C=C\CCCCCCCCCC(=O)NC(CO)C(O)CCCCCCCCCCCCCCCCCCCCCCCCCCCC. The minimum absolute atomic E-state index is 0.0396. The lowest BCUT2D eigenvalue weighted by Gasteiger charge is -2.22. The van der Waals surface area contributed by atoms with E-state index >= 15 is 0 Å². The van der Waals surface area contributed by atoms with Gasteiger partial charge in [-0.15, -0.1) is 0 Å². The van der Waals surface area contributed by atoms with Crippen LogP contribution in [0.1, 0.15) is 264 Å². The Morgan fingerprint density at radius 1 is 0.455 bits per heavy atom. The van der Waals surface area contributed by atoms with Gasteiger partial charge in [-0.2, -0.15) is 0 Å². The van der Waals surface area contributed by atoms with Gasteiger partial charge >= 0.3 is 0 Å². The molecular formula is C51H97NO3. The highest BCUT2D eigenvalue weighted by atomic mass is 16.3. The van der Waals surface area contributed by atoms with Gasteiger partial charge in [0.1, 0.15) is 0 Å². The monoisotopic (exact) mass is 772 g/mol. The van der Waals surface area contributed by atoms with Gasteiger partial charge in [0.05, 0.1) is 18.8 Å². The molecule has 0 bridgehead atoms. The molecule has 0 aromatic rings. The first kappa shape index (κ1) is 53.6. The zero-order valence-electron chi connectivity index (χ0n) is 37.2. The van der Waals surface area contributed by atoms with E-state index in [1.165, 1.54) is 193 Å². The normalized spacial score (nSPS) is 13.2. The van der Waals surface area contributed by atoms with Gasteiger partial charge in [-0.25, -0.2) is 0 Å². The summed E-state index contributed by atoms with van der Waals surface area (Å²) >= 11 is 0. The molecule has 0 radical (unpaired) electrons. The summed E-state index contributed by atoms with van der Waals surface area (Å²) in [5.74, 6) is -0.0396. The number of carbonyl (C=O) groups excluding carboxylic acids is 1. The van der Waals surface area contributed by atoms with Crippen molar-refractivity contribution in [3.05, 3.63) is 36.5 Å². The summed E-state index contributed by atoms with van der Waals surface area (Å²) in [6.07, 6.45) is 62.5. The molecule has 0 aliphatic carbocycles. The van der Waals surface area contributed by atoms with Gasteiger partial charge in [0.25, 0.3) is 0 Å². The molecule has 55 heavy (non-hydrogen) atoms. The van der Waals surface area contributed by atoms with Crippen LogP contribution in [0.3, 0.4) is 0 Å². The number of aliphatic hydroxyl groups is 2. The highest BCUT2D eigenvalue weighted by Gasteiger charge is 2.20. The molecule has 0 aliphatic heterocycles. The quantitative estimate of drug-likeness (QED) is 0.0426. The number of rotatable bonds is 45. The zero-order valence-corrected chi connectivity index (χ0v) is 37.2. The molecule has 4 nitrogen and oxygen atoms in total. The summed E-state index contributed by atoms with van der Waals surface area (Å²) in [7, 11) is 0. The van der Waals surface area contributed by atoms with E-state index in [0.717, 1.165) is 44.9 Å². The van der Waals surface area contributed by atoms with E-state index in [-0.39, 0.29) is 12.5 Å². The Hall–Kier alpha value is -1.39. The third-order valence-corrected chi connectivity index (χ3v) is 11.4. The Bertz CT molecular complexity index is 836. The lowest BCUT2D eigenvalue weighted by molar-refractivity contribution is -0.123. The van der Waals surface area contributed by atoms with Crippen LogP contribution in [0.15, 0.2) is 36.5 Å². The van der Waals surface area contributed by atoms with E-state index in [9.17, 15) is 15.0 Å². The van der Waals surface area contributed by atoms with Crippen molar-refractivity contribution < 1.29 is 15.0 Å². The van der Waals surface area contributed by atoms with Crippen LogP contribution in [0.5, 0.6) is 0 Å². The molecule has 0 spiro atoms. The first-order valence-corrected chi connectivity index (χ1v) is 24.7. The second-order valence-corrected chi connectivity index (χ2v) is 16.9. The summed E-state index contributed by atoms with van der Waals surface area (Å²) in [5, 5.41) is 23.2. The fourth-order valence-corrected chi connectivity index (χ4v) is 7.67. The highest BCUT2D eigenvalue weighted by Crippen LogP contribution is 2.17. The van der Waals surface area contributed by atoms with E-state index < -0.39 is 12.1 Å². The van der Waals surface area contributed by atoms with Crippen molar-refractivity contribution in [1.82, 2.24) is 5.32 Å². The highest BCUT2D eigenvalue weighted by molar-refractivity contribution is 5.76. The fourth-order valence-electron chi connectivity index (χ4n) is 7.67. The maximum absolute atomic E-state index is 12.4. The topological polar surface area (TPSA) is 69.6 Å². The second kappa shape index (κ2) is 47.0. The fraction of sp³-hybridized carbons (Fsp3) is 0.863. The molecule has 324 valence electrons. The molecule has 0 saturated carbocycles. The average Bonchev–Trinajstić information content (AvgIpc) is 3.19. The molecule has 0 fully saturated rings. The molecule has 2 unspecified atom stereocenters. The molecule has 0 aromatic heterocycles. The van der Waals surface area contributed by atoms with Gasteiger partial charge in [0.2, 0.25) is 5.91 Å². The van der Waals surface area contributed by atoms with Gasteiger partial charge in [0.15, 0.2) is 0 Å². The lowest BCUT2D eigenvalue weighted by atomic mass is 10.0. The van der Waals surface area contributed by atoms with Crippen LogP contribution < -0.4 is 5.32 Å². The number of carbonyl (C=O) groups is 1. The number of amides is 1. The van der Waals surface area contributed by atoms with Crippen molar-refractivity contribution in [3.63, 3.8) is 0 Å². The Morgan fingerprint density at radius 2 is 0.800 bits per heavy atom. The molecule has 0 aromatic carbocycles. The van der Waals surface area contributed by atoms with Crippen molar-refractivity contribution in [2.45, 2.75) is 276 Å². The van der Waals surface area contributed by atoms with Crippen LogP contribution in [0.4, 0.5) is 0 Å². The predicted molar refractivity (Wildman–Crippen MR) is 244 cm³/mol. The maximum atomic E-state index is 12.4. The van der Waals surface area contributed by atoms with E-state index in [1.54, 1.807) is 0 Å². The molecule has 0 aliphatic rings. The van der Waals surface area contributed by atoms with Crippen LogP contribution in [-0.2, 0) is 4.79 Å². The van der Waals surface area contributed by atoms with Crippen molar-refractivity contribution in [2.24, 2.45) is 0 Å². The number of nitrogens with one attached hydrogen (secondary N) is 1. The maximum Gasteiger partial charge on any atom is 0.220 e. The number of allylic oxidation sites excluding steroid dienone is 6. The van der Waals surface area contributed by atoms with Crippen LogP contribution in [0.2, 0.25) is 0 Å². The van der Waals surface area contributed by atoms with Gasteiger partial charge in [0, 0.05) is 6.42 Å². The van der Waals surface area contributed by atoms with E-state index in [2.05, 4.69) is 55.6 Å². The molecule has 0 rings (SSSR count). The van der Waals surface area contributed by atoms with E-state index in [0.29, 0.717) is 12.8 Å². The predicted octanol–water partition coefficient (Wildman–Crippen LogP) is 15.7. The largest absolute Gasteiger partial charge is 0.394 e. The number of hydrogen-bond acceptors (Lipinski definition) is 3. The standard InChI is InChI=1S/C51H97NO3/c1-3-5-7-9-11-13-15-17-19-21-22-23-24-25-26-27-28-29-31-32-34-36-38-40-42-44-46-50(54)49(48-53)52-51(55)47-45-43-41-39-37-35-33-30-20-18-16-14-12-10-8-6-4-2/h6,8,12,14,18,20,49-50,53-54H,3-5,7,9-11,13,15-17,19,21-48H2,1-2H3,(H,52,55)/b8-6-,14-12-,20-18-. The number of unbranched alkanes of at least 4 members (excludes halogenated alkanes) is 32. The first-order chi connectivity index (χ1) is 27.2. The third-order valence-electron chi connectivity index (χ3n) is 11.4. The van der Waals surface area contributed by atoms with Crippen molar-refractivity contribution >= 4 is 5.91 Å². The van der Waals surface area contributed by atoms with Gasteiger partial charge in [-0.1, -0.05) is 249 Å². The zero-order chi connectivity index (χ0) is 40.0. The Labute approximate surface area is 344 Å². The second-order valence-electron chi connectivity index (χ2n) is 16.9. The Kier molecular flexibility index (Phi) is 45.8. The number of aliphatic hydroxyl groups excluding tert-OH is 2. The van der Waals surface area contributed by atoms with Crippen molar-refractivity contribution in [1.29, 1.82) is 0 Å². The van der Waals surface area contributed by atoms with Crippen LogP contribution >= 0.6 is 0 Å².